The number of rotatable bonds is 2. The SMILES string of the molecule is O=S1CCC(Nc2ccc(Br)cc2)CC1. The molecule has 0 bridgehead atoms. The molecule has 0 radical (unpaired) electrons. The van der Waals surface area contributed by atoms with Crippen molar-refractivity contribution in [1.82, 2.24) is 0 Å². The molecule has 0 saturated carbocycles. The van der Waals surface area contributed by atoms with Crippen molar-refractivity contribution in [2.75, 3.05) is 16.8 Å². The molecule has 1 aliphatic rings. The van der Waals surface area contributed by atoms with Crippen LogP contribution in [0.3, 0.4) is 0 Å². The summed E-state index contributed by atoms with van der Waals surface area (Å²) < 4.78 is 12.3. The van der Waals surface area contributed by atoms with Gasteiger partial charge in [-0.05, 0) is 37.1 Å². The number of benzene rings is 1. The van der Waals surface area contributed by atoms with Crippen LogP contribution in [0.5, 0.6) is 0 Å². The van der Waals surface area contributed by atoms with Gasteiger partial charge in [0.15, 0.2) is 0 Å². The van der Waals surface area contributed by atoms with Crippen LogP contribution in [0.4, 0.5) is 5.69 Å². The van der Waals surface area contributed by atoms with E-state index in [9.17, 15) is 4.21 Å². The van der Waals surface area contributed by atoms with E-state index in [1.165, 1.54) is 0 Å². The number of halogens is 1. The van der Waals surface area contributed by atoms with Gasteiger partial charge in [-0.2, -0.15) is 0 Å². The van der Waals surface area contributed by atoms with E-state index in [4.69, 9.17) is 0 Å². The molecule has 1 heterocycles. The molecule has 1 N–H and O–H groups in total. The number of hydrogen-bond donors (Lipinski definition) is 1. The summed E-state index contributed by atoms with van der Waals surface area (Å²) in [5.41, 5.74) is 1.15. The molecule has 0 amide bonds. The van der Waals surface area contributed by atoms with Crippen LogP contribution in [0.15, 0.2) is 28.7 Å². The van der Waals surface area contributed by atoms with E-state index in [1.807, 2.05) is 12.1 Å². The third kappa shape index (κ3) is 3.31. The first-order chi connectivity index (χ1) is 7.24. The second kappa shape index (κ2) is 5.12. The molecule has 1 aromatic carbocycles. The van der Waals surface area contributed by atoms with Crippen LogP contribution in [0, 0.1) is 0 Å². The minimum Gasteiger partial charge on any atom is -0.382 e. The molecule has 82 valence electrons. The maximum Gasteiger partial charge on any atom is 0.0343 e. The maximum absolute atomic E-state index is 11.2. The predicted molar refractivity (Wildman–Crippen MR) is 68.7 cm³/mol. The molecule has 2 rings (SSSR count). The zero-order valence-electron chi connectivity index (χ0n) is 8.41. The Hall–Kier alpha value is -0.350. The van der Waals surface area contributed by atoms with E-state index in [0.717, 1.165) is 34.5 Å². The van der Waals surface area contributed by atoms with Crippen molar-refractivity contribution in [1.29, 1.82) is 0 Å². The number of anilines is 1. The lowest BCUT2D eigenvalue weighted by molar-refractivity contribution is 0.624. The molecule has 0 atom stereocenters. The van der Waals surface area contributed by atoms with Gasteiger partial charge in [0.25, 0.3) is 0 Å². The molecule has 1 saturated heterocycles. The Morgan fingerprint density at radius 3 is 2.40 bits per heavy atom. The Morgan fingerprint density at radius 1 is 1.20 bits per heavy atom. The van der Waals surface area contributed by atoms with E-state index in [2.05, 4.69) is 33.4 Å². The molecular formula is C11H14BrNOS. The first-order valence-corrected chi connectivity index (χ1v) is 7.39. The van der Waals surface area contributed by atoms with Gasteiger partial charge in [0.05, 0.1) is 0 Å². The highest BCUT2D eigenvalue weighted by atomic mass is 79.9. The standard InChI is InChI=1S/C11H14BrNOS/c12-9-1-3-10(4-2-9)13-11-5-7-15(14)8-6-11/h1-4,11,13H,5-8H2. The Balaban J connectivity index is 1.91. The summed E-state index contributed by atoms with van der Waals surface area (Å²) in [5.74, 6) is 1.68. The first-order valence-electron chi connectivity index (χ1n) is 5.11. The van der Waals surface area contributed by atoms with E-state index in [-0.39, 0.29) is 0 Å². The summed E-state index contributed by atoms with van der Waals surface area (Å²) >= 11 is 3.41. The summed E-state index contributed by atoms with van der Waals surface area (Å²) in [7, 11) is -0.570. The Morgan fingerprint density at radius 2 is 1.80 bits per heavy atom. The van der Waals surface area contributed by atoms with Gasteiger partial charge in [-0.1, -0.05) is 15.9 Å². The van der Waals surface area contributed by atoms with Crippen molar-refractivity contribution < 1.29 is 4.21 Å². The fraction of sp³-hybridized carbons (Fsp3) is 0.455. The van der Waals surface area contributed by atoms with Crippen LogP contribution in [0.25, 0.3) is 0 Å². The third-order valence-electron chi connectivity index (χ3n) is 2.60. The molecule has 0 aromatic heterocycles. The van der Waals surface area contributed by atoms with Crippen molar-refractivity contribution in [3.05, 3.63) is 28.7 Å². The molecule has 4 heteroatoms. The minimum atomic E-state index is -0.570. The monoisotopic (exact) mass is 287 g/mol. The summed E-state index contributed by atoms with van der Waals surface area (Å²) in [6.07, 6.45) is 2.03. The quantitative estimate of drug-likeness (QED) is 0.906. The summed E-state index contributed by atoms with van der Waals surface area (Å²) in [5, 5.41) is 3.47. The molecule has 0 unspecified atom stereocenters. The van der Waals surface area contributed by atoms with E-state index >= 15 is 0 Å². The average Bonchev–Trinajstić information content (AvgIpc) is 2.25. The highest BCUT2D eigenvalue weighted by molar-refractivity contribution is 9.10. The Labute approximate surface area is 101 Å². The molecule has 15 heavy (non-hydrogen) atoms. The third-order valence-corrected chi connectivity index (χ3v) is 4.51. The van der Waals surface area contributed by atoms with E-state index in [0.29, 0.717) is 6.04 Å². The predicted octanol–water partition coefficient (Wildman–Crippen LogP) is 2.77. The molecular weight excluding hydrogens is 274 g/mol. The first kappa shape index (κ1) is 11.1. The molecule has 1 aliphatic heterocycles. The van der Waals surface area contributed by atoms with Crippen molar-refractivity contribution >= 4 is 32.4 Å². The summed E-state index contributed by atoms with van der Waals surface area (Å²) in [4.78, 5) is 0. The lowest BCUT2D eigenvalue weighted by Crippen LogP contribution is -2.29. The molecule has 0 aliphatic carbocycles. The van der Waals surface area contributed by atoms with Gasteiger partial charge in [0.1, 0.15) is 0 Å². The second-order valence-electron chi connectivity index (χ2n) is 3.77. The Bertz CT molecular complexity index is 342. The molecule has 1 aromatic rings. The van der Waals surface area contributed by atoms with Gasteiger partial charge >= 0.3 is 0 Å². The largest absolute Gasteiger partial charge is 0.382 e. The maximum atomic E-state index is 11.2. The summed E-state index contributed by atoms with van der Waals surface area (Å²) in [6, 6.07) is 8.68. The molecule has 2 nitrogen and oxygen atoms in total. The number of hydrogen-bond acceptors (Lipinski definition) is 2. The van der Waals surface area contributed by atoms with E-state index in [1.54, 1.807) is 0 Å². The van der Waals surface area contributed by atoms with E-state index < -0.39 is 10.8 Å². The molecule has 0 spiro atoms. The molecule has 1 fully saturated rings. The Kier molecular flexibility index (Phi) is 3.81. The van der Waals surface area contributed by atoms with Crippen molar-refractivity contribution in [2.45, 2.75) is 18.9 Å². The highest BCUT2D eigenvalue weighted by Gasteiger charge is 2.17. The fourth-order valence-electron chi connectivity index (χ4n) is 1.72. The minimum absolute atomic E-state index is 0.490. The second-order valence-corrected chi connectivity index (χ2v) is 6.39. The van der Waals surface area contributed by atoms with Gasteiger partial charge in [0, 0.05) is 38.5 Å². The average molecular weight is 288 g/mol. The normalized spacial score (nSPS) is 26.2. The lowest BCUT2D eigenvalue weighted by atomic mass is 10.1. The van der Waals surface area contributed by atoms with Crippen molar-refractivity contribution in [3.8, 4) is 0 Å². The van der Waals surface area contributed by atoms with Crippen LogP contribution in [0.2, 0.25) is 0 Å². The zero-order valence-corrected chi connectivity index (χ0v) is 10.8. The fourth-order valence-corrected chi connectivity index (χ4v) is 3.28. The van der Waals surface area contributed by atoms with Gasteiger partial charge in [-0.15, -0.1) is 0 Å². The van der Waals surface area contributed by atoms with Crippen molar-refractivity contribution in [2.24, 2.45) is 0 Å². The smallest absolute Gasteiger partial charge is 0.0343 e. The zero-order chi connectivity index (χ0) is 10.7. The van der Waals surface area contributed by atoms with Crippen LogP contribution >= 0.6 is 15.9 Å². The van der Waals surface area contributed by atoms with Crippen LogP contribution in [0.1, 0.15) is 12.8 Å². The van der Waals surface area contributed by atoms with Gasteiger partial charge < -0.3 is 5.32 Å². The van der Waals surface area contributed by atoms with Crippen molar-refractivity contribution in [3.63, 3.8) is 0 Å². The van der Waals surface area contributed by atoms with Crippen LogP contribution in [-0.2, 0) is 10.8 Å². The lowest BCUT2D eigenvalue weighted by Gasteiger charge is -2.23. The van der Waals surface area contributed by atoms with Crippen LogP contribution in [-0.4, -0.2) is 21.8 Å². The topological polar surface area (TPSA) is 29.1 Å². The van der Waals surface area contributed by atoms with Gasteiger partial charge in [0.2, 0.25) is 0 Å². The summed E-state index contributed by atoms with van der Waals surface area (Å²) in [6.45, 7) is 0. The van der Waals surface area contributed by atoms with Gasteiger partial charge in [-0.25, -0.2) is 0 Å². The van der Waals surface area contributed by atoms with Gasteiger partial charge in [-0.3, -0.25) is 4.21 Å². The van der Waals surface area contributed by atoms with Crippen LogP contribution < -0.4 is 5.32 Å². The number of nitrogens with one attached hydrogen (secondary N) is 1. The highest BCUT2D eigenvalue weighted by Crippen LogP contribution is 2.18.